The molecule has 10 nitrogen and oxygen atoms in total. The van der Waals surface area contributed by atoms with Crippen molar-refractivity contribution in [1.82, 2.24) is 8.61 Å². The van der Waals surface area contributed by atoms with Crippen LogP contribution < -0.4 is 0 Å². The van der Waals surface area contributed by atoms with Gasteiger partial charge in [0.2, 0.25) is 20.0 Å². The molecule has 0 bridgehead atoms. The van der Waals surface area contributed by atoms with E-state index in [0.717, 1.165) is 71.1 Å². The van der Waals surface area contributed by atoms with E-state index in [2.05, 4.69) is 0 Å². The van der Waals surface area contributed by atoms with Crippen LogP contribution in [-0.2, 0) is 39.7 Å². The Kier molecular flexibility index (Phi) is 8.49. The SMILES string of the molecule is O=S1(=O)C[C@@H]2[C@H](C1)N(S(=O)(=O)c1ccc(C3CCCCC3)cc1)[C@H]1CS(=O)(=O)C[C@H]1N2S(=O)(=O)c1ccc(C2CCCCC2)cc1. The van der Waals surface area contributed by atoms with Gasteiger partial charge in [0, 0.05) is 0 Å². The number of sulfone groups is 2. The molecule has 14 heteroatoms. The summed E-state index contributed by atoms with van der Waals surface area (Å²) in [5.74, 6) is -1.60. The molecule has 3 aliphatic heterocycles. The fourth-order valence-corrected chi connectivity index (χ4v) is 16.7. The summed E-state index contributed by atoms with van der Waals surface area (Å²) in [5, 5.41) is 0. The summed E-state index contributed by atoms with van der Waals surface area (Å²) in [6.07, 6.45) is 11.0. The number of hydrogen-bond donors (Lipinski definition) is 0. The van der Waals surface area contributed by atoms with Crippen molar-refractivity contribution in [3.63, 3.8) is 0 Å². The Morgan fingerprint density at radius 1 is 0.457 bits per heavy atom. The molecule has 5 aliphatic rings. The van der Waals surface area contributed by atoms with Gasteiger partial charge < -0.3 is 0 Å². The Bertz CT molecular complexity index is 1720. The first kappa shape index (κ1) is 32.7. The van der Waals surface area contributed by atoms with Gasteiger partial charge in [0.25, 0.3) is 0 Å². The van der Waals surface area contributed by atoms with Crippen molar-refractivity contribution in [2.24, 2.45) is 0 Å². The highest BCUT2D eigenvalue weighted by Gasteiger charge is 2.63. The highest BCUT2D eigenvalue weighted by molar-refractivity contribution is 7.93. The van der Waals surface area contributed by atoms with E-state index < -0.39 is 86.9 Å². The standard InChI is InChI=1S/C32H42N2O8S4/c35-43(36)19-29-31(21-43)34(46(41,42)28-17-13-26(14-18-28)24-9-5-2-6-10-24)32-22-44(37,38)20-30(32)33(29)45(39,40)27-15-11-25(12-16-27)23-7-3-1-4-8-23/h11-18,23-24,29-32H,1-10,19-22H2/t29-,30-,31+,32+. The van der Waals surface area contributed by atoms with Crippen molar-refractivity contribution in [3.8, 4) is 0 Å². The zero-order chi connectivity index (χ0) is 32.5. The average molecular weight is 711 g/mol. The lowest BCUT2D eigenvalue weighted by atomic mass is 9.84. The van der Waals surface area contributed by atoms with E-state index in [1.54, 1.807) is 24.3 Å². The topological polar surface area (TPSA) is 143 Å². The van der Waals surface area contributed by atoms with Gasteiger partial charge >= 0.3 is 0 Å². The summed E-state index contributed by atoms with van der Waals surface area (Å²) in [6, 6.07) is 8.27. The number of hydrogen-bond acceptors (Lipinski definition) is 8. The van der Waals surface area contributed by atoms with Crippen LogP contribution in [0.2, 0.25) is 0 Å². The van der Waals surface area contributed by atoms with Gasteiger partial charge in [0.05, 0.1) is 57.0 Å². The summed E-state index contributed by atoms with van der Waals surface area (Å²) in [4.78, 5) is -0.0967. The van der Waals surface area contributed by atoms with Crippen LogP contribution in [0.5, 0.6) is 0 Å². The van der Waals surface area contributed by atoms with Crippen molar-refractivity contribution in [2.45, 2.75) is 110 Å². The predicted octanol–water partition coefficient (Wildman–Crippen LogP) is 3.81. The van der Waals surface area contributed by atoms with Crippen LogP contribution in [0, 0.1) is 0 Å². The van der Waals surface area contributed by atoms with E-state index in [4.69, 9.17) is 0 Å². The summed E-state index contributed by atoms with van der Waals surface area (Å²) < 4.78 is 112. The highest BCUT2D eigenvalue weighted by Crippen LogP contribution is 2.44. The molecule has 0 spiro atoms. The third-order valence-electron chi connectivity index (χ3n) is 11.0. The van der Waals surface area contributed by atoms with Crippen LogP contribution in [0.4, 0.5) is 0 Å². The first-order chi connectivity index (χ1) is 21.8. The fraction of sp³-hybridized carbons (Fsp3) is 0.625. The largest absolute Gasteiger partial charge is 0.243 e. The van der Waals surface area contributed by atoms with E-state index in [9.17, 15) is 33.7 Å². The minimum absolute atomic E-state index is 0.0484. The first-order valence-corrected chi connectivity index (χ1v) is 23.0. The summed E-state index contributed by atoms with van der Waals surface area (Å²) in [6.45, 7) is 0. The van der Waals surface area contributed by atoms with E-state index in [-0.39, 0.29) is 9.79 Å². The predicted molar refractivity (Wildman–Crippen MR) is 175 cm³/mol. The number of fused-ring (bicyclic) bond motifs is 2. The second-order valence-electron chi connectivity index (χ2n) is 13.9. The lowest BCUT2D eigenvalue weighted by Gasteiger charge is -2.49. The van der Waals surface area contributed by atoms with Gasteiger partial charge in [0.15, 0.2) is 19.7 Å². The van der Waals surface area contributed by atoms with E-state index >= 15 is 0 Å². The second kappa shape index (κ2) is 11.9. The molecule has 0 radical (unpaired) electrons. The molecular weight excluding hydrogens is 669 g/mol. The van der Waals surface area contributed by atoms with Crippen LogP contribution in [0.25, 0.3) is 0 Å². The maximum Gasteiger partial charge on any atom is 0.243 e. The molecule has 2 saturated carbocycles. The van der Waals surface area contributed by atoms with Crippen LogP contribution in [0.3, 0.4) is 0 Å². The zero-order valence-corrected chi connectivity index (χ0v) is 29.0. The van der Waals surface area contributed by atoms with Gasteiger partial charge in [0.1, 0.15) is 0 Å². The van der Waals surface area contributed by atoms with Crippen molar-refractivity contribution in [1.29, 1.82) is 0 Å². The van der Waals surface area contributed by atoms with Crippen molar-refractivity contribution in [3.05, 3.63) is 59.7 Å². The van der Waals surface area contributed by atoms with Crippen molar-refractivity contribution in [2.75, 3.05) is 23.0 Å². The van der Waals surface area contributed by atoms with Crippen LogP contribution in [0.1, 0.15) is 87.2 Å². The van der Waals surface area contributed by atoms with Gasteiger partial charge in [-0.05, 0) is 72.9 Å². The third kappa shape index (κ3) is 5.89. The first-order valence-electron chi connectivity index (χ1n) is 16.4. The van der Waals surface area contributed by atoms with E-state index in [1.165, 1.54) is 37.1 Å². The molecule has 2 aromatic carbocycles. The normalized spacial score (nSPS) is 31.0. The molecule has 0 unspecified atom stereocenters. The number of nitrogens with zero attached hydrogens (tertiary/aromatic N) is 2. The van der Waals surface area contributed by atoms with Gasteiger partial charge in [-0.3, -0.25) is 0 Å². The molecule has 7 rings (SSSR count). The van der Waals surface area contributed by atoms with Gasteiger partial charge in [-0.1, -0.05) is 62.8 Å². The molecule has 252 valence electrons. The van der Waals surface area contributed by atoms with Crippen LogP contribution in [-0.4, -0.2) is 89.5 Å². The lowest BCUT2D eigenvalue weighted by Crippen LogP contribution is -2.69. The van der Waals surface area contributed by atoms with Crippen molar-refractivity contribution >= 4 is 39.7 Å². The summed E-state index contributed by atoms with van der Waals surface area (Å²) in [7, 11) is -16.5. The average Bonchev–Trinajstić information content (AvgIpc) is 3.52. The highest BCUT2D eigenvalue weighted by atomic mass is 32.2. The monoisotopic (exact) mass is 710 g/mol. The molecule has 46 heavy (non-hydrogen) atoms. The van der Waals surface area contributed by atoms with Gasteiger partial charge in [-0.15, -0.1) is 0 Å². The molecule has 0 N–H and O–H groups in total. The Labute approximate surface area is 273 Å². The quantitative estimate of drug-likeness (QED) is 0.441. The molecule has 2 aliphatic carbocycles. The number of piperazine rings is 1. The molecule has 2 aromatic rings. The second-order valence-corrected chi connectivity index (χ2v) is 21.9. The maximum absolute atomic E-state index is 14.4. The van der Waals surface area contributed by atoms with Crippen molar-refractivity contribution < 1.29 is 33.7 Å². The number of sulfonamides is 2. The van der Waals surface area contributed by atoms with Crippen LogP contribution in [0.15, 0.2) is 58.3 Å². The molecule has 4 atom stereocenters. The minimum Gasteiger partial charge on any atom is -0.229 e. The molecule has 3 heterocycles. The minimum atomic E-state index is -4.39. The molecule has 0 amide bonds. The Morgan fingerprint density at radius 2 is 0.739 bits per heavy atom. The molecule has 3 saturated heterocycles. The Hall–Kier alpha value is -1.84. The van der Waals surface area contributed by atoms with E-state index in [1.807, 2.05) is 0 Å². The fourth-order valence-electron chi connectivity index (χ4n) is 8.74. The molecule has 0 aromatic heterocycles. The Balaban J connectivity index is 1.26. The lowest BCUT2D eigenvalue weighted by molar-refractivity contribution is 0.0841. The third-order valence-corrected chi connectivity index (χ3v) is 18.3. The zero-order valence-electron chi connectivity index (χ0n) is 25.8. The maximum atomic E-state index is 14.4. The van der Waals surface area contributed by atoms with Crippen LogP contribution >= 0.6 is 0 Å². The number of benzene rings is 2. The summed E-state index contributed by atoms with van der Waals surface area (Å²) in [5.41, 5.74) is 2.10. The smallest absolute Gasteiger partial charge is 0.229 e. The number of rotatable bonds is 6. The summed E-state index contributed by atoms with van der Waals surface area (Å²) >= 11 is 0. The molecule has 5 fully saturated rings. The van der Waals surface area contributed by atoms with Gasteiger partial charge in [-0.2, -0.15) is 8.61 Å². The molecular formula is C32H42N2O8S4. The van der Waals surface area contributed by atoms with E-state index in [0.29, 0.717) is 11.8 Å². The van der Waals surface area contributed by atoms with Gasteiger partial charge in [-0.25, -0.2) is 33.7 Å². The Morgan fingerprint density at radius 3 is 1.02 bits per heavy atom.